The second-order valence-electron chi connectivity index (χ2n) is 15.0. The molecule has 3 atom stereocenters. The Balaban J connectivity index is 0.000000281. The molecule has 2 aliphatic heterocycles. The van der Waals surface area contributed by atoms with Crippen LogP contribution in [0.5, 0.6) is 0 Å². The number of anilines is 4. The summed E-state index contributed by atoms with van der Waals surface area (Å²) in [5.74, 6) is 1.31. The molecule has 8 heteroatoms. The topological polar surface area (TPSA) is 93.3 Å². The first-order valence-electron chi connectivity index (χ1n) is 18.7. The fraction of sp³-hybridized carbons (Fsp3) is 0.625. The number of nitrogens with two attached hydrogens (primary N) is 3. The van der Waals surface area contributed by atoms with Crippen molar-refractivity contribution in [3.8, 4) is 0 Å². The van der Waals surface area contributed by atoms with Gasteiger partial charge in [-0.05, 0) is 87.1 Å². The van der Waals surface area contributed by atoms with Crippen molar-refractivity contribution in [2.75, 3.05) is 47.4 Å². The van der Waals surface area contributed by atoms with Crippen LogP contribution in [0, 0.1) is 11.8 Å². The third-order valence-electron chi connectivity index (χ3n) is 10.5. The first-order chi connectivity index (χ1) is 22.6. The predicted molar refractivity (Wildman–Crippen MR) is 212 cm³/mol. The van der Waals surface area contributed by atoms with Gasteiger partial charge in [-0.2, -0.15) is 0 Å². The quantitative estimate of drug-likeness (QED) is 0.0781. The molecule has 2 aliphatic rings. The van der Waals surface area contributed by atoms with Crippen LogP contribution >= 0.6 is 17.0 Å². The number of nitrogen functional groups attached to an aromatic ring is 2. The van der Waals surface area contributed by atoms with Gasteiger partial charge in [0.2, 0.25) is 6.33 Å². The lowest BCUT2D eigenvalue weighted by Crippen LogP contribution is -2.45. The van der Waals surface area contributed by atoms with Crippen molar-refractivity contribution >= 4 is 39.7 Å². The number of nitrogens with zero attached hydrogens (tertiary/aromatic N) is 4. The van der Waals surface area contributed by atoms with E-state index >= 15 is 0 Å². The summed E-state index contributed by atoms with van der Waals surface area (Å²) < 4.78 is 4.39. The van der Waals surface area contributed by atoms with E-state index in [-0.39, 0.29) is 22.5 Å². The van der Waals surface area contributed by atoms with Crippen LogP contribution in [0.3, 0.4) is 0 Å². The van der Waals surface area contributed by atoms with Crippen molar-refractivity contribution in [2.24, 2.45) is 24.6 Å². The zero-order valence-corrected chi connectivity index (χ0v) is 32.2. The lowest BCUT2D eigenvalue weighted by atomic mass is 9.75. The van der Waals surface area contributed by atoms with Gasteiger partial charge in [-0.25, -0.2) is 9.13 Å². The van der Waals surface area contributed by atoms with Crippen molar-refractivity contribution in [1.29, 1.82) is 0 Å². The highest BCUT2D eigenvalue weighted by Crippen LogP contribution is 2.36. The fourth-order valence-electron chi connectivity index (χ4n) is 7.69. The Morgan fingerprint density at radius 3 is 1.75 bits per heavy atom. The average Bonchev–Trinajstić information content (AvgIpc) is 3.82. The molecule has 1 aromatic heterocycles. The van der Waals surface area contributed by atoms with Gasteiger partial charge in [0.25, 0.3) is 0 Å². The molecule has 0 bridgehead atoms. The van der Waals surface area contributed by atoms with Crippen LogP contribution in [-0.4, -0.2) is 36.3 Å². The number of imidazole rings is 1. The highest BCUT2D eigenvalue weighted by Gasteiger charge is 2.36. The Bertz CT molecular complexity index is 1280. The fourth-order valence-corrected chi connectivity index (χ4v) is 7.69. The summed E-state index contributed by atoms with van der Waals surface area (Å²) in [5, 5.41) is 0. The summed E-state index contributed by atoms with van der Waals surface area (Å²) in [6, 6.07) is 17.1. The van der Waals surface area contributed by atoms with Gasteiger partial charge in [0.15, 0.2) is 0 Å². The third-order valence-corrected chi connectivity index (χ3v) is 10.5. The Morgan fingerprint density at radius 2 is 1.25 bits per heavy atom. The van der Waals surface area contributed by atoms with Crippen LogP contribution < -0.4 is 31.6 Å². The number of hydrogen-bond acceptors (Lipinski definition) is 5. The minimum absolute atomic E-state index is 0. The van der Waals surface area contributed by atoms with E-state index in [0.29, 0.717) is 17.9 Å². The van der Waals surface area contributed by atoms with Crippen molar-refractivity contribution in [3.05, 3.63) is 67.3 Å². The van der Waals surface area contributed by atoms with Crippen molar-refractivity contribution in [3.63, 3.8) is 0 Å². The van der Waals surface area contributed by atoms with E-state index in [1.807, 2.05) is 24.3 Å². The highest BCUT2D eigenvalue weighted by atomic mass is 79.9. The Morgan fingerprint density at radius 1 is 0.750 bits per heavy atom. The summed E-state index contributed by atoms with van der Waals surface area (Å²) >= 11 is 0. The lowest BCUT2D eigenvalue weighted by molar-refractivity contribution is -0.671. The van der Waals surface area contributed by atoms with Gasteiger partial charge in [-0.1, -0.05) is 71.1 Å². The maximum absolute atomic E-state index is 6.65. The van der Waals surface area contributed by atoms with Crippen LogP contribution in [0.4, 0.5) is 22.7 Å². The zero-order chi connectivity index (χ0) is 33.6. The number of unbranched alkanes of at least 4 members (excludes halogenated alkanes) is 9. The molecule has 3 unspecified atom stereocenters. The van der Waals surface area contributed by atoms with Gasteiger partial charge in [-0.3, -0.25) is 0 Å². The summed E-state index contributed by atoms with van der Waals surface area (Å²) in [5.41, 5.74) is 22.4. The predicted octanol–water partition coefficient (Wildman–Crippen LogP) is 8.68. The van der Waals surface area contributed by atoms with E-state index in [1.54, 1.807) is 0 Å². The summed E-state index contributed by atoms with van der Waals surface area (Å²) in [6.45, 7) is 11.2. The van der Waals surface area contributed by atoms with Crippen LogP contribution in [0.1, 0.15) is 110 Å². The van der Waals surface area contributed by atoms with Gasteiger partial charge in [0.05, 0.1) is 13.6 Å². The molecule has 2 saturated heterocycles. The van der Waals surface area contributed by atoms with Gasteiger partial charge < -0.3 is 27.0 Å². The van der Waals surface area contributed by atoms with Gasteiger partial charge in [-0.15, -0.1) is 17.0 Å². The number of aryl methyl sites for hydroxylation is 1. The zero-order valence-electron chi connectivity index (χ0n) is 30.5. The largest absolute Gasteiger partial charge is 0.399 e. The van der Waals surface area contributed by atoms with Crippen molar-refractivity contribution in [1.82, 2.24) is 4.57 Å². The van der Waals surface area contributed by atoms with E-state index in [0.717, 1.165) is 37.6 Å². The van der Waals surface area contributed by atoms with Gasteiger partial charge >= 0.3 is 0 Å². The van der Waals surface area contributed by atoms with E-state index in [9.17, 15) is 0 Å². The Labute approximate surface area is 303 Å². The lowest BCUT2D eigenvalue weighted by Gasteiger charge is -2.35. The summed E-state index contributed by atoms with van der Waals surface area (Å²) in [4.78, 5) is 4.94. The van der Waals surface area contributed by atoms with Crippen LogP contribution in [0.25, 0.3) is 0 Å². The molecule has 268 valence electrons. The molecule has 0 saturated carbocycles. The molecule has 3 aromatic rings. The van der Waals surface area contributed by atoms with E-state index in [2.05, 4.69) is 89.7 Å². The number of halogens is 1. The molecule has 48 heavy (non-hydrogen) atoms. The number of rotatable bonds is 16. The molecule has 6 N–H and O–H groups in total. The second kappa shape index (κ2) is 20.1. The van der Waals surface area contributed by atoms with E-state index < -0.39 is 0 Å². The Hall–Kier alpha value is -2.71. The van der Waals surface area contributed by atoms with E-state index in [1.165, 1.54) is 94.8 Å². The summed E-state index contributed by atoms with van der Waals surface area (Å²) in [6.07, 6.45) is 24.1. The maximum Gasteiger partial charge on any atom is 0.243 e. The standard InChI is InChI=1S/C26H47N3.C14H19N4.BrH/c1-4-5-6-7-8-9-10-11-12-13-14-25(26(2,3)28)22-19-20-29(21-22)24-17-15-23(27)16-18-24;1-16-8-9-18(11-16)14-6-7-17(10-14)13-4-2-12(15)3-5-13;/h15-18,22,25H,4-14,19-21,27-28H2,1-3H3;2-5,8-9,11,14H,6-7,10,15H2,1H3;1H/q;+1;. The van der Waals surface area contributed by atoms with Crippen molar-refractivity contribution < 1.29 is 4.57 Å². The third kappa shape index (κ3) is 12.6. The molecule has 0 radical (unpaired) electrons. The average molecular weight is 726 g/mol. The van der Waals surface area contributed by atoms with Crippen LogP contribution in [0.2, 0.25) is 0 Å². The summed E-state index contributed by atoms with van der Waals surface area (Å²) in [7, 11) is 2.06. The molecule has 0 amide bonds. The van der Waals surface area contributed by atoms with E-state index in [4.69, 9.17) is 17.2 Å². The molecule has 0 spiro atoms. The minimum Gasteiger partial charge on any atom is -0.399 e. The molecular weight excluding hydrogens is 658 g/mol. The maximum atomic E-state index is 6.65. The van der Waals surface area contributed by atoms with Crippen molar-refractivity contribution in [2.45, 2.75) is 116 Å². The monoisotopic (exact) mass is 724 g/mol. The van der Waals surface area contributed by atoms with Gasteiger partial charge in [0, 0.05) is 54.3 Å². The molecule has 5 rings (SSSR count). The number of benzene rings is 2. The molecule has 7 nitrogen and oxygen atoms in total. The Kier molecular flexibility index (Phi) is 16.6. The highest BCUT2D eigenvalue weighted by molar-refractivity contribution is 8.93. The SMILES string of the molecule is Br.CCCCCCCCCCCCC(C1CCN(c2ccc(N)cc2)C1)C(C)(C)N.C[n+]1ccn(C2CCN(c3ccc(N)cc3)C2)c1. The van der Waals surface area contributed by atoms with Crippen LogP contribution in [0.15, 0.2) is 67.3 Å². The smallest absolute Gasteiger partial charge is 0.243 e. The second-order valence-corrected chi connectivity index (χ2v) is 15.0. The molecule has 2 fully saturated rings. The molecule has 0 aliphatic carbocycles. The number of aromatic nitrogens is 2. The first-order valence-corrected chi connectivity index (χ1v) is 18.7. The minimum atomic E-state index is -0.0962. The first kappa shape index (κ1) is 39.7. The molecular formula is C40H67BrN7+. The normalized spacial score (nSPS) is 18.4. The van der Waals surface area contributed by atoms with Crippen LogP contribution in [-0.2, 0) is 7.05 Å². The molecule has 2 aromatic carbocycles. The van der Waals surface area contributed by atoms with Gasteiger partial charge in [0.1, 0.15) is 18.4 Å². The number of hydrogen-bond donors (Lipinski definition) is 3. The molecule has 3 heterocycles.